The zero-order valence-corrected chi connectivity index (χ0v) is 14.7. The van der Waals surface area contributed by atoms with Crippen LogP contribution < -0.4 is 9.80 Å². The second kappa shape index (κ2) is 6.06. The number of anilines is 2. The van der Waals surface area contributed by atoms with Gasteiger partial charge in [0, 0.05) is 26.2 Å². The van der Waals surface area contributed by atoms with Gasteiger partial charge in [0.1, 0.15) is 16.5 Å². The van der Waals surface area contributed by atoms with Crippen molar-refractivity contribution in [2.45, 2.75) is 13.1 Å². The number of hydrogen-bond donors (Lipinski definition) is 0. The highest BCUT2D eigenvalue weighted by Gasteiger charge is 2.36. The Kier molecular flexibility index (Phi) is 3.99. The molecule has 132 valence electrons. The number of piperazine rings is 1. The molecule has 0 N–H and O–H groups in total. The van der Waals surface area contributed by atoms with E-state index in [1.807, 2.05) is 23.3 Å². The third kappa shape index (κ3) is 3.13. The molecule has 3 aromatic heterocycles. The highest BCUT2D eigenvalue weighted by atomic mass is 32.1. The Morgan fingerprint density at radius 2 is 1.76 bits per heavy atom. The van der Waals surface area contributed by atoms with E-state index in [4.69, 9.17) is 0 Å². The van der Waals surface area contributed by atoms with Crippen LogP contribution in [0.15, 0.2) is 11.4 Å². The van der Waals surface area contributed by atoms with Gasteiger partial charge in [-0.05, 0) is 18.4 Å². The third-order valence-electron chi connectivity index (χ3n) is 3.92. The summed E-state index contributed by atoms with van der Waals surface area (Å²) in [4.78, 5) is 13.9. The first-order valence-corrected chi connectivity index (χ1v) is 9.24. The fourth-order valence-electron chi connectivity index (χ4n) is 2.75. The van der Waals surface area contributed by atoms with E-state index in [2.05, 4.69) is 25.1 Å². The third-order valence-corrected chi connectivity index (χ3v) is 5.76. The molecule has 0 bridgehead atoms. The van der Waals surface area contributed by atoms with Crippen LogP contribution in [0.1, 0.15) is 10.8 Å². The van der Waals surface area contributed by atoms with E-state index < -0.39 is 11.2 Å². The largest absolute Gasteiger partial charge is 0.445 e. The highest BCUT2D eigenvalue weighted by Crippen LogP contribution is 2.35. The van der Waals surface area contributed by atoms with E-state index >= 15 is 0 Å². The number of rotatable bonds is 2. The molecule has 3 aromatic rings. The Labute approximate surface area is 148 Å². The van der Waals surface area contributed by atoms with Gasteiger partial charge in [-0.25, -0.2) is 9.97 Å². The van der Waals surface area contributed by atoms with Crippen molar-refractivity contribution in [1.29, 1.82) is 0 Å². The average Bonchev–Trinajstić information content (AvgIpc) is 3.23. The second-order valence-corrected chi connectivity index (χ2v) is 7.45. The van der Waals surface area contributed by atoms with Crippen molar-refractivity contribution in [2.24, 2.45) is 0 Å². The number of fused-ring (bicyclic) bond motifs is 1. The van der Waals surface area contributed by atoms with E-state index in [1.165, 1.54) is 0 Å². The minimum absolute atomic E-state index is 0.312. The molecule has 0 amide bonds. The van der Waals surface area contributed by atoms with Crippen molar-refractivity contribution >= 4 is 43.8 Å². The number of thiophene rings is 1. The van der Waals surface area contributed by atoms with Gasteiger partial charge in [-0.2, -0.15) is 13.2 Å². The zero-order chi connectivity index (χ0) is 17.6. The molecule has 0 spiro atoms. The molecule has 25 heavy (non-hydrogen) atoms. The quantitative estimate of drug-likeness (QED) is 0.674. The van der Waals surface area contributed by atoms with E-state index in [1.54, 1.807) is 11.3 Å². The van der Waals surface area contributed by atoms with Gasteiger partial charge in [-0.3, -0.25) is 0 Å². The molecule has 0 saturated carbocycles. The van der Waals surface area contributed by atoms with Crippen molar-refractivity contribution in [1.82, 2.24) is 20.2 Å². The molecule has 11 heteroatoms. The Hall–Kier alpha value is -2.01. The maximum atomic E-state index is 12.7. The van der Waals surface area contributed by atoms with Crippen LogP contribution in [-0.4, -0.2) is 46.3 Å². The van der Waals surface area contributed by atoms with Crippen LogP contribution in [0.25, 0.3) is 10.2 Å². The summed E-state index contributed by atoms with van der Waals surface area (Å²) in [6.07, 6.45) is -4.44. The number of alkyl halides is 3. The van der Waals surface area contributed by atoms with Gasteiger partial charge in [-0.1, -0.05) is 11.3 Å². The SMILES string of the molecule is Cc1nc(N2CCN(c3nnc(C(F)(F)F)s3)CC2)c2ccsc2n1. The van der Waals surface area contributed by atoms with E-state index in [9.17, 15) is 13.2 Å². The van der Waals surface area contributed by atoms with Gasteiger partial charge >= 0.3 is 6.18 Å². The lowest BCUT2D eigenvalue weighted by atomic mass is 10.3. The Morgan fingerprint density at radius 3 is 2.44 bits per heavy atom. The van der Waals surface area contributed by atoms with Gasteiger partial charge in [0.2, 0.25) is 10.1 Å². The first-order chi connectivity index (χ1) is 11.9. The topological polar surface area (TPSA) is 58.0 Å². The molecule has 0 radical (unpaired) electrons. The normalized spacial score (nSPS) is 16.0. The lowest BCUT2D eigenvalue weighted by Crippen LogP contribution is -2.47. The first kappa shape index (κ1) is 16.5. The fourth-order valence-corrected chi connectivity index (χ4v) is 4.32. The highest BCUT2D eigenvalue weighted by molar-refractivity contribution is 7.16. The van der Waals surface area contributed by atoms with Gasteiger partial charge in [-0.15, -0.1) is 21.5 Å². The zero-order valence-electron chi connectivity index (χ0n) is 13.1. The molecule has 1 aliphatic heterocycles. The van der Waals surface area contributed by atoms with Crippen molar-refractivity contribution in [2.75, 3.05) is 36.0 Å². The number of nitrogens with zero attached hydrogens (tertiary/aromatic N) is 6. The minimum Gasteiger partial charge on any atom is -0.352 e. The molecular formula is C14H13F3N6S2. The van der Waals surface area contributed by atoms with Crippen LogP contribution in [-0.2, 0) is 6.18 Å². The molecule has 0 atom stereocenters. The van der Waals surface area contributed by atoms with Crippen molar-refractivity contribution in [3.8, 4) is 0 Å². The van der Waals surface area contributed by atoms with Crippen LogP contribution in [0.2, 0.25) is 0 Å². The van der Waals surface area contributed by atoms with Crippen LogP contribution in [0.5, 0.6) is 0 Å². The summed E-state index contributed by atoms with van der Waals surface area (Å²) < 4.78 is 38.0. The summed E-state index contributed by atoms with van der Waals surface area (Å²) in [6, 6.07) is 2.00. The number of aryl methyl sites for hydroxylation is 1. The molecule has 0 aromatic carbocycles. The lowest BCUT2D eigenvalue weighted by molar-refractivity contribution is -0.138. The van der Waals surface area contributed by atoms with Gasteiger partial charge in [0.15, 0.2) is 0 Å². The van der Waals surface area contributed by atoms with E-state index in [0.717, 1.165) is 16.0 Å². The smallest absolute Gasteiger partial charge is 0.352 e. The molecule has 1 saturated heterocycles. The van der Waals surface area contributed by atoms with Crippen molar-refractivity contribution in [3.05, 3.63) is 22.3 Å². The summed E-state index contributed by atoms with van der Waals surface area (Å²) in [5, 5.41) is 9.35. The van der Waals surface area contributed by atoms with Gasteiger partial charge in [0.25, 0.3) is 0 Å². The van der Waals surface area contributed by atoms with Crippen LogP contribution in [0.4, 0.5) is 24.1 Å². The summed E-state index contributed by atoms with van der Waals surface area (Å²) in [6.45, 7) is 4.31. The first-order valence-electron chi connectivity index (χ1n) is 7.54. The van der Waals surface area contributed by atoms with Crippen LogP contribution in [0.3, 0.4) is 0 Å². The minimum atomic E-state index is -4.44. The lowest BCUT2D eigenvalue weighted by Gasteiger charge is -2.35. The summed E-state index contributed by atoms with van der Waals surface area (Å²) >= 11 is 2.16. The number of hydrogen-bond acceptors (Lipinski definition) is 8. The van der Waals surface area contributed by atoms with E-state index in [0.29, 0.717) is 48.5 Å². The number of halogens is 3. The maximum Gasteiger partial charge on any atom is 0.445 e. The maximum absolute atomic E-state index is 12.7. The molecule has 0 unspecified atom stereocenters. The Balaban J connectivity index is 1.51. The molecule has 4 heterocycles. The summed E-state index contributed by atoms with van der Waals surface area (Å²) in [7, 11) is 0. The van der Waals surface area contributed by atoms with Crippen LogP contribution >= 0.6 is 22.7 Å². The Bertz CT molecular complexity index is 897. The standard InChI is InChI=1S/C14H13F3N6S2/c1-8-18-10(9-2-7-24-11(9)19-8)22-3-5-23(6-4-22)13-21-20-12(25-13)14(15,16)17/h2,7H,3-6H2,1H3. The second-order valence-electron chi connectivity index (χ2n) is 5.60. The fraction of sp³-hybridized carbons (Fsp3) is 0.429. The van der Waals surface area contributed by atoms with Gasteiger partial charge in [0.05, 0.1) is 5.39 Å². The summed E-state index contributed by atoms with van der Waals surface area (Å²) in [5.41, 5.74) is 0. The predicted molar refractivity (Wildman–Crippen MR) is 91.5 cm³/mol. The van der Waals surface area contributed by atoms with Gasteiger partial charge < -0.3 is 9.80 Å². The molecular weight excluding hydrogens is 373 g/mol. The van der Waals surface area contributed by atoms with Crippen molar-refractivity contribution in [3.63, 3.8) is 0 Å². The average molecular weight is 386 g/mol. The molecule has 4 rings (SSSR count). The van der Waals surface area contributed by atoms with Crippen LogP contribution in [0, 0.1) is 6.92 Å². The number of aromatic nitrogens is 4. The summed E-state index contributed by atoms with van der Waals surface area (Å²) in [5.74, 6) is 1.60. The van der Waals surface area contributed by atoms with Crippen molar-refractivity contribution < 1.29 is 13.2 Å². The monoisotopic (exact) mass is 386 g/mol. The molecule has 0 aliphatic carbocycles. The Morgan fingerprint density at radius 1 is 1.04 bits per heavy atom. The molecule has 1 fully saturated rings. The van der Waals surface area contributed by atoms with E-state index in [-0.39, 0.29) is 0 Å². The molecule has 1 aliphatic rings. The predicted octanol–water partition coefficient (Wildman–Crippen LogP) is 3.20. The molecule has 6 nitrogen and oxygen atoms in total.